The Bertz CT molecular complexity index is 193. The van der Waals surface area contributed by atoms with Crippen molar-refractivity contribution in [2.24, 2.45) is 4.99 Å². The maximum absolute atomic E-state index is 5.61. The second kappa shape index (κ2) is 3.41. The van der Waals surface area contributed by atoms with Gasteiger partial charge in [0.2, 0.25) is 0 Å². The fourth-order valence-corrected chi connectivity index (χ4v) is 1.60. The van der Waals surface area contributed by atoms with Gasteiger partial charge in [-0.1, -0.05) is 6.92 Å². The SMILES string of the molecule is CCNCC1=NC2CNCC2O1. The molecule has 2 unspecified atom stereocenters. The largest absolute Gasteiger partial charge is 0.473 e. The van der Waals surface area contributed by atoms with Gasteiger partial charge in [0.15, 0.2) is 5.90 Å². The van der Waals surface area contributed by atoms with Crippen LogP contribution in [0, 0.1) is 0 Å². The minimum Gasteiger partial charge on any atom is -0.473 e. The first-order valence-electron chi connectivity index (χ1n) is 4.55. The molecule has 0 radical (unpaired) electrons. The first kappa shape index (κ1) is 8.01. The highest BCUT2D eigenvalue weighted by Gasteiger charge is 2.34. The van der Waals surface area contributed by atoms with E-state index < -0.39 is 0 Å². The zero-order valence-electron chi connectivity index (χ0n) is 7.34. The van der Waals surface area contributed by atoms with E-state index in [0.29, 0.717) is 12.1 Å². The molecular weight excluding hydrogens is 154 g/mol. The van der Waals surface area contributed by atoms with Crippen LogP contribution in [0.3, 0.4) is 0 Å². The molecule has 2 atom stereocenters. The number of likely N-dealkylation sites (N-methyl/N-ethyl adjacent to an activating group) is 1. The lowest BCUT2D eigenvalue weighted by atomic mass is 10.2. The monoisotopic (exact) mass is 169 g/mol. The Labute approximate surface area is 72.4 Å². The molecule has 2 aliphatic heterocycles. The summed E-state index contributed by atoms with van der Waals surface area (Å²) in [6.45, 7) is 5.75. The second-order valence-corrected chi connectivity index (χ2v) is 3.19. The zero-order chi connectivity index (χ0) is 8.39. The number of aliphatic imine (C=N–C) groups is 1. The van der Waals surface area contributed by atoms with E-state index in [0.717, 1.165) is 32.1 Å². The summed E-state index contributed by atoms with van der Waals surface area (Å²) in [5, 5.41) is 6.45. The van der Waals surface area contributed by atoms with Crippen LogP contribution in [0.1, 0.15) is 6.92 Å². The average Bonchev–Trinajstić information content (AvgIpc) is 2.58. The number of nitrogens with one attached hydrogen (secondary N) is 2. The van der Waals surface area contributed by atoms with Gasteiger partial charge in [-0.05, 0) is 6.54 Å². The van der Waals surface area contributed by atoms with Crippen LogP contribution < -0.4 is 10.6 Å². The first-order valence-corrected chi connectivity index (χ1v) is 4.55. The summed E-state index contributed by atoms with van der Waals surface area (Å²) >= 11 is 0. The van der Waals surface area contributed by atoms with Crippen molar-refractivity contribution in [2.75, 3.05) is 26.2 Å². The van der Waals surface area contributed by atoms with Crippen LogP contribution in [0.25, 0.3) is 0 Å². The summed E-state index contributed by atoms with van der Waals surface area (Å²) in [7, 11) is 0. The fraction of sp³-hybridized carbons (Fsp3) is 0.875. The normalized spacial score (nSPS) is 32.9. The van der Waals surface area contributed by atoms with Gasteiger partial charge < -0.3 is 15.4 Å². The molecule has 0 bridgehead atoms. The van der Waals surface area contributed by atoms with Crippen molar-refractivity contribution < 1.29 is 4.74 Å². The number of hydrogen-bond acceptors (Lipinski definition) is 4. The fourth-order valence-electron chi connectivity index (χ4n) is 1.60. The molecule has 0 aromatic carbocycles. The van der Waals surface area contributed by atoms with Crippen LogP contribution in [0.15, 0.2) is 4.99 Å². The third-order valence-electron chi connectivity index (χ3n) is 2.25. The van der Waals surface area contributed by atoms with Gasteiger partial charge in [0.1, 0.15) is 12.1 Å². The highest BCUT2D eigenvalue weighted by molar-refractivity contribution is 5.80. The summed E-state index contributed by atoms with van der Waals surface area (Å²) < 4.78 is 5.61. The van der Waals surface area contributed by atoms with Crippen LogP contribution in [0.2, 0.25) is 0 Å². The number of fused-ring (bicyclic) bond motifs is 1. The van der Waals surface area contributed by atoms with Crippen LogP contribution in [-0.4, -0.2) is 44.2 Å². The molecule has 0 aromatic heterocycles. The molecule has 0 aliphatic carbocycles. The molecule has 0 amide bonds. The number of hydrogen-bond donors (Lipinski definition) is 2. The molecule has 2 rings (SSSR count). The maximum Gasteiger partial charge on any atom is 0.198 e. The van der Waals surface area contributed by atoms with Crippen LogP contribution in [-0.2, 0) is 4.74 Å². The van der Waals surface area contributed by atoms with Crippen molar-refractivity contribution in [2.45, 2.75) is 19.1 Å². The van der Waals surface area contributed by atoms with Crippen molar-refractivity contribution in [3.8, 4) is 0 Å². The van der Waals surface area contributed by atoms with Crippen molar-refractivity contribution in [3.05, 3.63) is 0 Å². The Kier molecular flexibility index (Phi) is 2.28. The van der Waals surface area contributed by atoms with E-state index >= 15 is 0 Å². The maximum atomic E-state index is 5.61. The van der Waals surface area contributed by atoms with Gasteiger partial charge in [0, 0.05) is 13.1 Å². The minimum absolute atomic E-state index is 0.304. The predicted octanol–water partition coefficient (Wildman–Crippen LogP) is -0.635. The molecule has 0 aromatic rings. The molecule has 4 nitrogen and oxygen atoms in total. The topological polar surface area (TPSA) is 45.7 Å². The van der Waals surface area contributed by atoms with E-state index in [1.54, 1.807) is 0 Å². The zero-order valence-corrected chi connectivity index (χ0v) is 7.34. The van der Waals surface area contributed by atoms with Gasteiger partial charge in [-0.25, -0.2) is 4.99 Å². The van der Waals surface area contributed by atoms with Crippen LogP contribution >= 0.6 is 0 Å². The number of ether oxygens (including phenoxy) is 1. The van der Waals surface area contributed by atoms with Crippen LogP contribution in [0.4, 0.5) is 0 Å². The smallest absolute Gasteiger partial charge is 0.198 e. The summed E-state index contributed by atoms with van der Waals surface area (Å²) in [6.07, 6.45) is 0.304. The third-order valence-corrected chi connectivity index (χ3v) is 2.25. The van der Waals surface area contributed by atoms with Gasteiger partial charge >= 0.3 is 0 Å². The van der Waals surface area contributed by atoms with Gasteiger partial charge in [-0.2, -0.15) is 0 Å². The molecule has 2 N–H and O–H groups in total. The number of rotatable bonds is 3. The highest BCUT2D eigenvalue weighted by atomic mass is 16.5. The quantitative estimate of drug-likeness (QED) is 0.591. The Balaban J connectivity index is 1.85. The third kappa shape index (κ3) is 1.44. The van der Waals surface area contributed by atoms with E-state index in [1.165, 1.54) is 0 Å². The summed E-state index contributed by atoms with van der Waals surface area (Å²) in [6, 6.07) is 0.374. The molecule has 0 spiro atoms. The van der Waals surface area contributed by atoms with Crippen LogP contribution in [0.5, 0.6) is 0 Å². The molecule has 2 heterocycles. The predicted molar refractivity (Wildman–Crippen MR) is 47.5 cm³/mol. The molecule has 4 heteroatoms. The van der Waals surface area contributed by atoms with Crippen molar-refractivity contribution in [1.29, 1.82) is 0 Å². The molecule has 68 valence electrons. The van der Waals surface area contributed by atoms with Crippen molar-refractivity contribution >= 4 is 5.90 Å². The van der Waals surface area contributed by atoms with E-state index in [4.69, 9.17) is 4.74 Å². The second-order valence-electron chi connectivity index (χ2n) is 3.19. The van der Waals surface area contributed by atoms with E-state index in [9.17, 15) is 0 Å². The lowest BCUT2D eigenvalue weighted by molar-refractivity contribution is 0.220. The van der Waals surface area contributed by atoms with Gasteiger partial charge in [-0.15, -0.1) is 0 Å². The number of nitrogens with zero attached hydrogens (tertiary/aromatic N) is 1. The van der Waals surface area contributed by atoms with Gasteiger partial charge in [0.25, 0.3) is 0 Å². The van der Waals surface area contributed by atoms with E-state index in [-0.39, 0.29) is 0 Å². The Morgan fingerprint density at radius 2 is 2.58 bits per heavy atom. The molecule has 2 aliphatic rings. The Morgan fingerprint density at radius 1 is 1.67 bits per heavy atom. The van der Waals surface area contributed by atoms with Gasteiger partial charge in [0.05, 0.1) is 6.54 Å². The Hall–Kier alpha value is -0.610. The molecule has 1 fully saturated rings. The van der Waals surface area contributed by atoms with E-state index in [2.05, 4.69) is 22.5 Å². The lowest BCUT2D eigenvalue weighted by Gasteiger charge is -2.07. The minimum atomic E-state index is 0.304. The highest BCUT2D eigenvalue weighted by Crippen LogP contribution is 2.16. The standard InChI is InChI=1S/C8H15N3O/c1-2-9-5-8-11-6-3-10-4-7(6)12-8/h6-7,9-10H,2-5H2,1H3. The summed E-state index contributed by atoms with van der Waals surface area (Å²) in [5.74, 6) is 0.883. The van der Waals surface area contributed by atoms with Crippen molar-refractivity contribution in [1.82, 2.24) is 10.6 Å². The molecule has 0 saturated carbocycles. The Morgan fingerprint density at radius 3 is 3.33 bits per heavy atom. The van der Waals surface area contributed by atoms with Gasteiger partial charge in [-0.3, -0.25) is 0 Å². The molecule has 1 saturated heterocycles. The first-order chi connectivity index (χ1) is 5.90. The molecule has 12 heavy (non-hydrogen) atoms. The van der Waals surface area contributed by atoms with E-state index in [1.807, 2.05) is 0 Å². The molecular formula is C8H15N3O. The average molecular weight is 169 g/mol. The summed E-state index contributed by atoms with van der Waals surface area (Å²) in [4.78, 5) is 4.46. The van der Waals surface area contributed by atoms with Crippen molar-refractivity contribution in [3.63, 3.8) is 0 Å². The summed E-state index contributed by atoms with van der Waals surface area (Å²) in [5.41, 5.74) is 0. The lowest BCUT2D eigenvalue weighted by Crippen LogP contribution is -2.26.